The maximum Gasteiger partial charge on any atom is 0.256 e. The summed E-state index contributed by atoms with van der Waals surface area (Å²) in [6, 6.07) is 25.4. The minimum absolute atomic E-state index is 0.0550. The number of aromatic nitrogens is 6. The fourth-order valence-corrected chi connectivity index (χ4v) is 10.1. The van der Waals surface area contributed by atoms with Crippen LogP contribution in [-0.4, -0.2) is 68.2 Å². The molecule has 9 aromatic rings. The van der Waals surface area contributed by atoms with Crippen LogP contribution in [0.15, 0.2) is 123 Å². The smallest absolute Gasteiger partial charge is 0.256 e. The summed E-state index contributed by atoms with van der Waals surface area (Å²) in [5.74, 6) is 2.03. The second-order valence-corrected chi connectivity index (χ2v) is 21.1. The van der Waals surface area contributed by atoms with E-state index in [9.17, 15) is 0 Å². The Hall–Kier alpha value is -9.51. The molecule has 3 atom stereocenters. The van der Waals surface area contributed by atoms with Crippen LogP contribution in [0, 0.1) is 19.7 Å². The van der Waals surface area contributed by atoms with Crippen LogP contribution < -0.4 is 30.2 Å². The Morgan fingerprint density at radius 2 is 0.900 bits per heavy atom. The Morgan fingerprint density at radius 1 is 0.522 bits per heavy atom. The average molecular weight is 1220 g/mol. The predicted molar refractivity (Wildman–Crippen MR) is 350 cm³/mol. The fourth-order valence-electron chi connectivity index (χ4n) is 10.1. The van der Waals surface area contributed by atoms with Crippen molar-refractivity contribution in [2.45, 2.75) is 156 Å². The van der Waals surface area contributed by atoms with Gasteiger partial charge in [-0.05, 0) is 207 Å². The molecule has 3 aliphatic carbocycles. The van der Waals surface area contributed by atoms with Gasteiger partial charge in [0.25, 0.3) is 17.7 Å². The van der Waals surface area contributed by atoms with Crippen molar-refractivity contribution in [1.82, 2.24) is 46.4 Å². The highest BCUT2D eigenvalue weighted by Gasteiger charge is 2.30. The second kappa shape index (κ2) is 29.7. The van der Waals surface area contributed by atoms with Gasteiger partial charge in [-0.1, -0.05) is 90.8 Å². The van der Waals surface area contributed by atoms with E-state index in [-0.39, 0.29) is 83.7 Å². The van der Waals surface area contributed by atoms with Gasteiger partial charge in [0.15, 0.2) is 0 Å². The summed E-state index contributed by atoms with van der Waals surface area (Å²) in [7, 11) is 0. The molecule has 0 radical (unpaired) electrons. The monoisotopic (exact) mass is 1220 g/mol. The van der Waals surface area contributed by atoms with E-state index >= 15 is 0 Å². The zero-order chi connectivity index (χ0) is 78.6. The van der Waals surface area contributed by atoms with Crippen molar-refractivity contribution in [1.29, 1.82) is 0 Å². The van der Waals surface area contributed by atoms with Gasteiger partial charge < -0.3 is 43.7 Å². The van der Waals surface area contributed by atoms with Crippen molar-refractivity contribution in [3.63, 3.8) is 0 Å². The minimum atomic E-state index is -2.48. The number of benzene rings is 6. The van der Waals surface area contributed by atoms with Crippen LogP contribution in [0.4, 0.5) is 17.1 Å². The molecule has 0 saturated heterocycles. The van der Waals surface area contributed by atoms with Crippen LogP contribution >= 0.6 is 0 Å². The third-order valence-corrected chi connectivity index (χ3v) is 14.0. The first-order chi connectivity index (χ1) is 49.6. The molecule has 0 bridgehead atoms. The number of hydrogen-bond donors (Lipinski definition) is 3. The van der Waals surface area contributed by atoms with Gasteiger partial charge in [-0.3, -0.25) is 0 Å². The van der Waals surface area contributed by atoms with E-state index in [4.69, 9.17) is 70.8 Å². The lowest BCUT2D eigenvalue weighted by molar-refractivity contribution is 0.244. The summed E-state index contributed by atoms with van der Waals surface area (Å²) >= 11 is 0. The molecule has 3 N–H and O–H groups in total. The molecular formula is C72H78N12O6. The maximum atomic E-state index is 8.90. The van der Waals surface area contributed by atoms with Gasteiger partial charge in [-0.25, -0.2) is 14.5 Å². The van der Waals surface area contributed by atoms with Gasteiger partial charge in [0.2, 0.25) is 34.5 Å². The van der Waals surface area contributed by atoms with E-state index in [2.05, 4.69) is 60.9 Å². The van der Waals surface area contributed by atoms with Crippen LogP contribution in [0.2, 0.25) is 0 Å². The molecule has 6 aromatic carbocycles. The van der Waals surface area contributed by atoms with Crippen molar-refractivity contribution >= 4 is 17.1 Å². The third-order valence-electron chi connectivity index (χ3n) is 14.0. The van der Waals surface area contributed by atoms with Crippen molar-refractivity contribution < 1.29 is 51.1 Å². The maximum absolute atomic E-state index is 8.90. The van der Waals surface area contributed by atoms with Crippen LogP contribution in [-0.2, 0) is 19.3 Å². The zero-order valence-electron chi connectivity index (χ0n) is 68.2. The summed E-state index contributed by atoms with van der Waals surface area (Å²) < 4.78 is 173. The molecule has 18 heteroatoms. The molecule has 0 spiro atoms. The molecule has 3 heterocycles. The molecule has 3 aromatic heterocycles. The van der Waals surface area contributed by atoms with E-state index in [1.165, 1.54) is 19.1 Å². The first-order valence-corrected chi connectivity index (χ1v) is 28.9. The van der Waals surface area contributed by atoms with E-state index < -0.39 is 74.7 Å². The Kier molecular flexibility index (Phi) is 14.8. The SMILES string of the molecule is [2H]C(C)(C)Oc1ccc(-c2nc(-c3cccc4c3CC([2H])([2H])[C@@H]4NC([2H])([2H])C([2H])([2H])C)no2)cc1[N+]#[C-].[2H]C(C)(C)Oc1ccc(-c2nc(-c3cccc4c3CC([2H])([2H])[C@]4([2H])NCCC)no2)cc1[N+]#[C-].[2H]C([2H])(C)CN[C@]1([2H])c2cccc(-c3noc(-c4ccc(OC([2H])(C)C)c([N+]#[C-])c4)n3)c2CC1([2H])[2H]. The van der Waals surface area contributed by atoms with Crippen molar-refractivity contribution in [3.05, 3.63) is 177 Å². The second-order valence-electron chi connectivity index (χ2n) is 21.1. The Balaban J connectivity index is 0.000000172. The molecule has 18 nitrogen and oxygen atoms in total. The molecule has 0 amide bonds. The number of nitrogens with one attached hydrogen (secondary N) is 3. The average Bonchev–Trinajstić information content (AvgIpc) is 1.58. The van der Waals surface area contributed by atoms with Crippen molar-refractivity contribution in [2.75, 3.05) is 19.6 Å². The Bertz CT molecular complexity index is 4940. The summed E-state index contributed by atoms with van der Waals surface area (Å²) in [6.07, 6.45) is -12.5. The van der Waals surface area contributed by atoms with Crippen LogP contribution in [0.3, 0.4) is 0 Å². The molecule has 0 unspecified atom stereocenters. The lowest BCUT2D eigenvalue weighted by Gasteiger charge is -2.13. The molecule has 90 heavy (non-hydrogen) atoms. The highest BCUT2D eigenvalue weighted by atomic mass is 16.5. The van der Waals surface area contributed by atoms with Crippen molar-refractivity contribution in [3.8, 4) is 85.8 Å². The number of hydrogen-bond acceptors (Lipinski definition) is 15. The normalized spacial score (nSPS) is 22.2. The number of nitrogens with zero attached hydrogens (tertiary/aromatic N) is 9. The molecule has 12 rings (SSSR count). The first-order valence-electron chi connectivity index (χ1n) is 37.4. The predicted octanol–water partition coefficient (Wildman–Crippen LogP) is 17.2. The van der Waals surface area contributed by atoms with Crippen LogP contribution in [0.5, 0.6) is 17.2 Å². The number of rotatable bonds is 21. The van der Waals surface area contributed by atoms with Gasteiger partial charge >= 0.3 is 0 Å². The number of ether oxygens (including phenoxy) is 3. The quantitative estimate of drug-likeness (QED) is 0.0575. The highest BCUT2D eigenvalue weighted by molar-refractivity contribution is 5.74. The first kappa shape index (κ1) is 44.8. The van der Waals surface area contributed by atoms with E-state index in [0.717, 1.165) is 13.3 Å². The molecule has 3 aliphatic rings. The van der Waals surface area contributed by atoms with Crippen LogP contribution in [0.25, 0.3) is 83.1 Å². The summed E-state index contributed by atoms with van der Waals surface area (Å²) in [5, 5.41) is 20.6. The van der Waals surface area contributed by atoms with Gasteiger partial charge in [-0.15, -0.1) is 0 Å². The topological polar surface area (TPSA) is 194 Å². The molecule has 462 valence electrons. The Labute approximate surface area is 551 Å². The lowest BCUT2D eigenvalue weighted by atomic mass is 10.0. The van der Waals surface area contributed by atoms with Gasteiger partial charge in [0.05, 0.1) is 44.8 Å². The molecule has 0 fully saturated rings. The van der Waals surface area contributed by atoms with E-state index in [0.29, 0.717) is 84.9 Å². The Morgan fingerprint density at radius 3 is 1.27 bits per heavy atom. The summed E-state index contributed by atoms with van der Waals surface area (Å²) in [6.45, 7) is 34.1. The molecule has 0 aliphatic heterocycles. The van der Waals surface area contributed by atoms with Gasteiger partial charge in [-0.2, -0.15) is 15.0 Å². The lowest BCUT2D eigenvalue weighted by Crippen LogP contribution is -2.19. The largest absolute Gasteiger partial charge is 0.502 e. The van der Waals surface area contributed by atoms with Gasteiger partial charge in [0, 0.05) is 67.9 Å². The fraction of sp³-hybridized carbons (Fsp3) is 0.375. The van der Waals surface area contributed by atoms with Crippen LogP contribution in [0.1, 0.15) is 175 Å². The standard InChI is InChI=1S/3C24H26N4O2/c3*1-5-13-26-20-11-10-17-18(20)7-6-8-19(17)23-27-24(30-28-23)16-9-12-22(29-15(2)3)21(14-16)25-4/h3*6-9,12,14-15,20,26H,5,10-11,13H2,1-3H3/t3*20-/m000/s1/i5D2,11D2,15D,20D;5D2,11D2,13D2,15D;11D2,15D,20D. The highest BCUT2D eigenvalue weighted by Crippen LogP contribution is 2.42. The van der Waals surface area contributed by atoms with Gasteiger partial charge in [0.1, 0.15) is 17.2 Å². The summed E-state index contributed by atoms with van der Waals surface area (Å²) in [5.41, 5.74) is 7.03. The number of fused-ring (bicyclic) bond motifs is 3. The van der Waals surface area contributed by atoms with Crippen molar-refractivity contribution in [2.24, 2.45) is 0 Å². The minimum Gasteiger partial charge on any atom is -0.502 e. The third kappa shape index (κ3) is 14.6. The summed E-state index contributed by atoms with van der Waals surface area (Å²) in [4.78, 5) is 23.9. The molecular weight excluding hydrogens is 1130 g/mol. The van der Waals surface area contributed by atoms with E-state index in [1.54, 1.807) is 139 Å². The molecule has 0 saturated carbocycles. The zero-order valence-corrected chi connectivity index (χ0v) is 51.2. The van der Waals surface area contributed by atoms with E-state index in [1.807, 2.05) is 6.92 Å².